The van der Waals surface area contributed by atoms with Gasteiger partial charge in [0.1, 0.15) is 0 Å². The van der Waals surface area contributed by atoms with Crippen LogP contribution >= 0.6 is 11.6 Å². The Morgan fingerprint density at radius 3 is 2.75 bits per heavy atom. The van der Waals surface area contributed by atoms with Crippen molar-refractivity contribution in [3.63, 3.8) is 0 Å². The number of carbonyl (C=O) groups is 1. The van der Waals surface area contributed by atoms with Gasteiger partial charge in [0.15, 0.2) is 0 Å². The van der Waals surface area contributed by atoms with Crippen LogP contribution in [0.4, 0.5) is 0 Å². The molecule has 1 aliphatic rings. The lowest BCUT2D eigenvalue weighted by molar-refractivity contribution is -0.884. The molecule has 0 unspecified atom stereocenters. The third kappa shape index (κ3) is 4.53. The Bertz CT molecular complexity index is 680. The van der Waals surface area contributed by atoms with Gasteiger partial charge in [-0.15, -0.1) is 0 Å². The minimum Gasteiger partial charge on any atom is -0.339 e. The highest BCUT2D eigenvalue weighted by Gasteiger charge is 2.18. The van der Waals surface area contributed by atoms with Crippen molar-refractivity contribution in [2.24, 2.45) is 0 Å². The van der Waals surface area contributed by atoms with Crippen molar-refractivity contribution in [3.8, 4) is 11.4 Å². The van der Waals surface area contributed by atoms with Crippen LogP contribution in [0.1, 0.15) is 12.3 Å². The molecule has 8 heteroatoms. The number of nitrogens with zero attached hydrogens (tertiary/aromatic N) is 3. The molecule has 1 saturated heterocycles. The average Bonchev–Trinajstić information content (AvgIpc) is 3.05. The summed E-state index contributed by atoms with van der Waals surface area (Å²) >= 11 is 5.86. The fourth-order valence-electron chi connectivity index (χ4n) is 2.53. The van der Waals surface area contributed by atoms with Crippen LogP contribution in [0.2, 0.25) is 5.02 Å². The smallest absolute Gasteiger partial charge is 0.234 e. The Morgan fingerprint density at radius 1 is 1.33 bits per heavy atom. The number of rotatable bonds is 5. The van der Waals surface area contributed by atoms with Crippen molar-refractivity contribution < 1.29 is 14.2 Å². The van der Waals surface area contributed by atoms with Gasteiger partial charge in [-0.3, -0.25) is 10.2 Å². The Labute approximate surface area is 145 Å². The van der Waals surface area contributed by atoms with Crippen LogP contribution in [0.5, 0.6) is 0 Å². The standard InChI is InChI=1S/C16H20ClN5O2/c1-21-8-10-22(11-9-21)19-14(23)6-7-15-18-16(20-24-15)12-2-4-13(17)5-3-12/h2-5H,6-11H2,1H3,(H,19,23)/p+1. The molecule has 0 radical (unpaired) electrons. The molecule has 24 heavy (non-hydrogen) atoms. The molecule has 0 atom stereocenters. The van der Waals surface area contributed by atoms with Crippen LogP contribution in [0, 0.1) is 0 Å². The molecule has 1 aliphatic heterocycles. The van der Waals surface area contributed by atoms with E-state index >= 15 is 0 Å². The Hall–Kier alpha value is -1.96. The largest absolute Gasteiger partial charge is 0.339 e. The fraction of sp³-hybridized carbons (Fsp3) is 0.438. The van der Waals surface area contributed by atoms with E-state index in [4.69, 9.17) is 16.1 Å². The molecule has 2 N–H and O–H groups in total. The summed E-state index contributed by atoms with van der Waals surface area (Å²) in [6.07, 6.45) is 0.743. The van der Waals surface area contributed by atoms with E-state index in [1.807, 2.05) is 17.1 Å². The highest BCUT2D eigenvalue weighted by molar-refractivity contribution is 6.30. The molecular weight excluding hydrogens is 330 g/mol. The number of benzene rings is 1. The third-order valence-corrected chi connectivity index (χ3v) is 4.29. The topological polar surface area (TPSA) is 75.7 Å². The Balaban J connectivity index is 1.48. The highest BCUT2D eigenvalue weighted by atomic mass is 35.5. The maximum Gasteiger partial charge on any atom is 0.234 e. The number of amides is 1. The first-order chi connectivity index (χ1) is 11.6. The van der Waals surface area contributed by atoms with Crippen molar-refractivity contribution in [1.29, 1.82) is 0 Å². The van der Waals surface area contributed by atoms with E-state index in [1.165, 1.54) is 4.90 Å². The van der Waals surface area contributed by atoms with E-state index in [1.54, 1.807) is 12.1 Å². The normalized spacial score (nSPS) is 16.2. The fourth-order valence-corrected chi connectivity index (χ4v) is 2.65. The van der Waals surface area contributed by atoms with Crippen LogP contribution in [-0.4, -0.2) is 54.3 Å². The van der Waals surface area contributed by atoms with Crippen molar-refractivity contribution in [2.45, 2.75) is 12.8 Å². The summed E-state index contributed by atoms with van der Waals surface area (Å²) in [5.41, 5.74) is 3.76. The third-order valence-electron chi connectivity index (χ3n) is 4.04. The van der Waals surface area contributed by atoms with Crippen molar-refractivity contribution in [3.05, 3.63) is 35.2 Å². The van der Waals surface area contributed by atoms with Gasteiger partial charge in [-0.25, -0.2) is 5.01 Å². The van der Waals surface area contributed by atoms with E-state index < -0.39 is 0 Å². The Kier molecular flexibility index (Phi) is 5.44. The van der Waals surface area contributed by atoms with Crippen LogP contribution < -0.4 is 10.3 Å². The number of nitrogens with one attached hydrogen (secondary N) is 2. The summed E-state index contributed by atoms with van der Waals surface area (Å²) in [5.74, 6) is 0.933. The Morgan fingerprint density at radius 2 is 2.04 bits per heavy atom. The summed E-state index contributed by atoms with van der Waals surface area (Å²) in [7, 11) is 2.16. The molecule has 1 aromatic heterocycles. The van der Waals surface area contributed by atoms with Gasteiger partial charge in [0.25, 0.3) is 0 Å². The van der Waals surface area contributed by atoms with Gasteiger partial charge in [0.05, 0.1) is 33.2 Å². The number of halogens is 1. The second-order valence-corrected chi connectivity index (χ2v) is 6.43. The second-order valence-electron chi connectivity index (χ2n) is 6.00. The molecule has 0 saturated carbocycles. The quantitative estimate of drug-likeness (QED) is 0.805. The van der Waals surface area contributed by atoms with E-state index in [0.29, 0.717) is 29.6 Å². The number of hydrazine groups is 1. The summed E-state index contributed by atoms with van der Waals surface area (Å²) < 4.78 is 5.21. The first kappa shape index (κ1) is 16.9. The molecule has 2 aromatic rings. The zero-order valence-electron chi connectivity index (χ0n) is 13.6. The monoisotopic (exact) mass is 350 g/mol. The average molecular weight is 351 g/mol. The van der Waals surface area contributed by atoms with E-state index in [2.05, 4.69) is 22.6 Å². The molecule has 2 heterocycles. The lowest BCUT2D eigenvalue weighted by Gasteiger charge is -2.30. The maximum absolute atomic E-state index is 12.0. The molecule has 0 bridgehead atoms. The van der Waals surface area contributed by atoms with Crippen LogP contribution in [0.25, 0.3) is 11.4 Å². The number of likely N-dealkylation sites (N-methyl/N-ethyl adjacent to an activating group) is 1. The van der Waals surface area contributed by atoms with Crippen molar-refractivity contribution in [1.82, 2.24) is 20.6 Å². The van der Waals surface area contributed by atoms with Gasteiger partial charge < -0.3 is 9.42 Å². The van der Waals surface area contributed by atoms with Crippen LogP contribution in [-0.2, 0) is 11.2 Å². The van der Waals surface area contributed by atoms with Crippen molar-refractivity contribution >= 4 is 17.5 Å². The van der Waals surface area contributed by atoms with Gasteiger partial charge >= 0.3 is 0 Å². The first-order valence-corrected chi connectivity index (χ1v) is 8.42. The number of carbonyl (C=O) groups excluding carboxylic acids is 1. The number of aryl methyl sites for hydroxylation is 1. The van der Waals surface area contributed by atoms with Gasteiger partial charge in [-0.2, -0.15) is 4.98 Å². The second kappa shape index (κ2) is 7.74. The minimum absolute atomic E-state index is 0.0270. The summed E-state index contributed by atoms with van der Waals surface area (Å²) in [4.78, 5) is 17.8. The number of quaternary nitrogens is 1. The molecule has 0 spiro atoms. The van der Waals surface area contributed by atoms with E-state index in [-0.39, 0.29) is 5.91 Å². The molecule has 7 nitrogen and oxygen atoms in total. The first-order valence-electron chi connectivity index (χ1n) is 8.04. The highest BCUT2D eigenvalue weighted by Crippen LogP contribution is 2.18. The predicted octanol–water partition coefficient (Wildman–Crippen LogP) is 0.184. The van der Waals surface area contributed by atoms with Crippen molar-refractivity contribution in [2.75, 3.05) is 33.2 Å². The van der Waals surface area contributed by atoms with E-state index in [0.717, 1.165) is 31.7 Å². The molecule has 3 rings (SSSR count). The predicted molar refractivity (Wildman–Crippen MR) is 89.4 cm³/mol. The number of hydrogen-bond donors (Lipinski definition) is 2. The molecule has 1 fully saturated rings. The minimum atomic E-state index is -0.0270. The number of hydrogen-bond acceptors (Lipinski definition) is 5. The SMILES string of the molecule is C[NH+]1CCN(NC(=O)CCc2nc(-c3ccc(Cl)cc3)no2)CC1. The van der Waals surface area contributed by atoms with E-state index in [9.17, 15) is 4.79 Å². The molecule has 0 aliphatic carbocycles. The molecule has 1 aromatic carbocycles. The maximum atomic E-state index is 12.0. The van der Waals surface area contributed by atoms with Crippen LogP contribution in [0.3, 0.4) is 0 Å². The lowest BCUT2D eigenvalue weighted by Crippen LogP contribution is -3.12. The zero-order valence-corrected chi connectivity index (χ0v) is 14.3. The molecule has 1 amide bonds. The lowest BCUT2D eigenvalue weighted by atomic mass is 10.2. The number of aromatic nitrogens is 2. The van der Waals surface area contributed by atoms with Gasteiger partial charge in [-0.1, -0.05) is 16.8 Å². The van der Waals surface area contributed by atoms with Gasteiger partial charge in [0, 0.05) is 23.4 Å². The summed E-state index contributed by atoms with van der Waals surface area (Å²) in [6.45, 7) is 3.82. The van der Waals surface area contributed by atoms with Crippen LogP contribution in [0.15, 0.2) is 28.8 Å². The zero-order chi connectivity index (χ0) is 16.9. The number of piperazine rings is 1. The summed E-state index contributed by atoms with van der Waals surface area (Å²) in [5, 5.41) is 6.58. The summed E-state index contributed by atoms with van der Waals surface area (Å²) in [6, 6.07) is 7.22. The van der Waals surface area contributed by atoms with Gasteiger partial charge in [0.2, 0.25) is 17.6 Å². The molecule has 128 valence electrons. The molecular formula is C16H21ClN5O2+. The van der Waals surface area contributed by atoms with Gasteiger partial charge in [-0.05, 0) is 24.3 Å².